The van der Waals surface area contributed by atoms with Crippen molar-refractivity contribution >= 4 is 31.3 Å². The van der Waals surface area contributed by atoms with Crippen molar-refractivity contribution in [3.63, 3.8) is 0 Å². The van der Waals surface area contributed by atoms with Crippen LogP contribution in [-0.2, 0) is 28.3 Å². The summed E-state index contributed by atoms with van der Waals surface area (Å²) in [4.78, 5) is 62.4. The smallest absolute Gasteiger partial charge is 0.350 e. The number of nitrogens with zero attached hydrogens (tertiary/aromatic N) is 1. The van der Waals surface area contributed by atoms with E-state index >= 15 is 0 Å². The summed E-state index contributed by atoms with van der Waals surface area (Å²) in [6.45, 7) is 3.86. The normalized spacial score (nSPS) is 21.9. The fraction of sp³-hybridized carbons (Fsp3) is 0.840. The minimum absolute atomic E-state index is 0.129. The van der Waals surface area contributed by atoms with E-state index in [9.17, 15) is 33.7 Å². The van der Waals surface area contributed by atoms with Gasteiger partial charge in [-0.15, -0.1) is 0 Å². The average molecular weight is 561 g/mol. The van der Waals surface area contributed by atoms with E-state index < -0.39 is 49.4 Å². The van der Waals surface area contributed by atoms with Crippen LogP contribution in [0.2, 0.25) is 0 Å². The van der Waals surface area contributed by atoms with Crippen LogP contribution in [0.25, 0.3) is 0 Å². The van der Waals surface area contributed by atoms with Crippen LogP contribution in [0.3, 0.4) is 0 Å². The number of carbonyl (C=O) groups excluding carboxylic acids is 3. The highest BCUT2D eigenvalue weighted by molar-refractivity contribution is 7.53. The quantitative estimate of drug-likeness (QED) is 0.139. The van der Waals surface area contributed by atoms with Gasteiger partial charge in [0.25, 0.3) is 5.91 Å². The molecule has 1 aliphatic carbocycles. The summed E-state index contributed by atoms with van der Waals surface area (Å²) in [5.41, 5.74) is 5.59. The molecule has 2 fully saturated rings. The molecule has 3 amide bonds. The molecule has 2 aliphatic rings. The number of carbonyl (C=O) groups is 4. The topological polar surface area (TPSA) is 188 Å². The molecule has 0 aromatic carbocycles. The minimum atomic E-state index is -4.57. The number of hydrogen-bond donors (Lipinski definition) is 5. The molecule has 2 rings (SSSR count). The predicted molar refractivity (Wildman–Crippen MR) is 141 cm³/mol. The molecule has 1 saturated carbocycles. The lowest BCUT2D eigenvalue weighted by Gasteiger charge is -2.30. The molecule has 2 unspecified atom stereocenters. The van der Waals surface area contributed by atoms with Gasteiger partial charge in [0.05, 0.1) is 0 Å². The lowest BCUT2D eigenvalue weighted by Crippen LogP contribution is -2.51. The number of aliphatic carboxylic acids is 1. The van der Waals surface area contributed by atoms with Crippen molar-refractivity contribution in [2.45, 2.75) is 115 Å². The van der Waals surface area contributed by atoms with Crippen molar-refractivity contribution in [3.05, 3.63) is 0 Å². The van der Waals surface area contributed by atoms with Crippen molar-refractivity contribution < 1.29 is 38.3 Å². The van der Waals surface area contributed by atoms with Crippen molar-refractivity contribution in [2.24, 2.45) is 11.7 Å². The van der Waals surface area contributed by atoms with Crippen LogP contribution in [0, 0.1) is 5.92 Å². The first-order valence-corrected chi connectivity index (χ1v) is 15.5. The Hall–Kier alpha value is -2.01. The zero-order valence-corrected chi connectivity index (χ0v) is 23.5. The predicted octanol–water partition coefficient (Wildman–Crippen LogP) is 2.09. The standard InChI is InChI=1S/C25H45N4O8P/c1-3-4-14-21(38(35,36)37-17(2)24(32)29-16-9-13-20(29)25(33)34)28-23(31)19(12-7-8-15-26)27-22(30)18-10-5-6-11-18/h17-21H,3-16,26H2,1-2H3,(H,27,30)(H,28,31)(H,33,34)(H,35,36)/t17-,19-,20-,21?/m0/s1. The Morgan fingerprint density at radius 1 is 1.05 bits per heavy atom. The third kappa shape index (κ3) is 9.32. The van der Waals surface area contributed by atoms with Gasteiger partial charge in [-0.3, -0.25) is 23.5 Å². The summed E-state index contributed by atoms with van der Waals surface area (Å²) in [6, 6.07) is -1.89. The summed E-state index contributed by atoms with van der Waals surface area (Å²) < 4.78 is 18.7. The molecule has 13 heteroatoms. The zero-order valence-electron chi connectivity index (χ0n) is 22.6. The fourth-order valence-corrected chi connectivity index (χ4v) is 6.57. The monoisotopic (exact) mass is 560 g/mol. The molecule has 38 heavy (non-hydrogen) atoms. The summed E-state index contributed by atoms with van der Waals surface area (Å²) in [7, 11) is -4.57. The van der Waals surface area contributed by atoms with E-state index in [0.29, 0.717) is 51.5 Å². The van der Waals surface area contributed by atoms with Crippen LogP contribution < -0.4 is 16.4 Å². The SMILES string of the molecule is CCCCC(NC(=O)[C@H](CCCCN)NC(=O)C1CCCC1)P(=O)(O)O[C@@H](C)C(=O)N1CCC[C@H]1C(=O)O. The first-order chi connectivity index (χ1) is 18.0. The average Bonchev–Trinajstić information content (AvgIpc) is 3.57. The number of rotatable bonds is 16. The Morgan fingerprint density at radius 2 is 1.74 bits per heavy atom. The van der Waals surface area contributed by atoms with Crippen molar-refractivity contribution in [1.29, 1.82) is 0 Å². The summed E-state index contributed by atoms with van der Waals surface area (Å²) in [5.74, 6) is -4.04. The molecule has 5 atom stereocenters. The van der Waals surface area contributed by atoms with E-state index in [-0.39, 0.29) is 24.8 Å². The molecule has 6 N–H and O–H groups in total. The molecule has 0 radical (unpaired) electrons. The highest BCUT2D eigenvalue weighted by atomic mass is 31.2. The largest absolute Gasteiger partial charge is 0.480 e. The number of likely N-dealkylation sites (tertiary alicyclic amines) is 1. The van der Waals surface area contributed by atoms with Crippen LogP contribution in [0.5, 0.6) is 0 Å². The lowest BCUT2D eigenvalue weighted by molar-refractivity contribution is -0.151. The van der Waals surface area contributed by atoms with Gasteiger partial charge in [-0.1, -0.05) is 32.6 Å². The van der Waals surface area contributed by atoms with Gasteiger partial charge in [-0.05, 0) is 64.8 Å². The van der Waals surface area contributed by atoms with Crippen molar-refractivity contribution in [1.82, 2.24) is 15.5 Å². The second-order valence-electron chi connectivity index (χ2n) is 10.3. The zero-order chi connectivity index (χ0) is 28.3. The van der Waals surface area contributed by atoms with Crippen LogP contribution in [-0.4, -0.2) is 75.7 Å². The molecule has 0 spiro atoms. The molecule has 1 aliphatic heterocycles. The first-order valence-electron chi connectivity index (χ1n) is 13.9. The summed E-state index contributed by atoms with van der Waals surface area (Å²) in [6.07, 6.45) is 5.84. The lowest BCUT2D eigenvalue weighted by atomic mass is 10.0. The number of carboxylic acids is 1. The summed E-state index contributed by atoms with van der Waals surface area (Å²) >= 11 is 0. The number of hydrogen-bond acceptors (Lipinski definition) is 7. The van der Waals surface area contributed by atoms with Gasteiger partial charge >= 0.3 is 13.6 Å². The van der Waals surface area contributed by atoms with E-state index in [1.54, 1.807) is 0 Å². The number of amides is 3. The highest BCUT2D eigenvalue weighted by Gasteiger charge is 2.41. The number of unbranched alkanes of at least 4 members (excludes halogenated alkanes) is 2. The maximum Gasteiger partial charge on any atom is 0.350 e. The second-order valence-corrected chi connectivity index (χ2v) is 12.3. The molecule has 1 heterocycles. The Balaban J connectivity index is 2.12. The minimum Gasteiger partial charge on any atom is -0.480 e. The number of nitrogens with one attached hydrogen (secondary N) is 2. The van der Waals surface area contributed by atoms with Gasteiger partial charge in [0.2, 0.25) is 11.8 Å². The van der Waals surface area contributed by atoms with Gasteiger partial charge in [-0.25, -0.2) is 4.79 Å². The first kappa shape index (κ1) is 32.2. The molecule has 0 aromatic rings. The maximum absolute atomic E-state index is 13.3. The molecule has 1 saturated heterocycles. The fourth-order valence-electron chi connectivity index (χ4n) is 5.08. The van der Waals surface area contributed by atoms with E-state index in [2.05, 4.69) is 10.6 Å². The van der Waals surface area contributed by atoms with Crippen molar-refractivity contribution in [2.75, 3.05) is 13.1 Å². The third-order valence-electron chi connectivity index (χ3n) is 7.32. The van der Waals surface area contributed by atoms with Crippen LogP contribution in [0.1, 0.15) is 90.9 Å². The van der Waals surface area contributed by atoms with Gasteiger partial charge in [0.15, 0.2) is 0 Å². The van der Waals surface area contributed by atoms with Crippen molar-refractivity contribution in [3.8, 4) is 0 Å². The Morgan fingerprint density at radius 3 is 2.34 bits per heavy atom. The van der Waals surface area contributed by atoms with Gasteiger partial charge < -0.3 is 31.3 Å². The molecule has 0 aromatic heterocycles. The van der Waals surface area contributed by atoms with Crippen LogP contribution in [0.15, 0.2) is 0 Å². The van der Waals surface area contributed by atoms with E-state index in [0.717, 1.165) is 30.6 Å². The maximum atomic E-state index is 13.3. The number of nitrogens with two attached hydrogens (primary N) is 1. The Labute approximate surface area is 224 Å². The Kier molecular flexibility index (Phi) is 13.2. The molecule has 12 nitrogen and oxygen atoms in total. The molecule has 0 bridgehead atoms. The van der Waals surface area contributed by atoms with Gasteiger partial charge in [0, 0.05) is 12.5 Å². The number of carboxylic acid groups (broad SMARTS) is 1. The van der Waals surface area contributed by atoms with E-state index in [1.165, 1.54) is 6.92 Å². The van der Waals surface area contributed by atoms with Crippen LogP contribution >= 0.6 is 7.60 Å². The van der Waals surface area contributed by atoms with Crippen LogP contribution in [0.4, 0.5) is 0 Å². The molecular weight excluding hydrogens is 515 g/mol. The Bertz CT molecular complexity index is 866. The molecule has 218 valence electrons. The van der Waals surface area contributed by atoms with E-state index in [4.69, 9.17) is 10.3 Å². The summed E-state index contributed by atoms with van der Waals surface area (Å²) in [5, 5.41) is 14.8. The van der Waals surface area contributed by atoms with E-state index in [1.807, 2.05) is 6.92 Å². The molecular formula is C25H45N4O8P. The third-order valence-corrected chi connectivity index (χ3v) is 9.11. The van der Waals surface area contributed by atoms with Gasteiger partial charge in [-0.2, -0.15) is 0 Å². The van der Waals surface area contributed by atoms with Gasteiger partial charge in [0.1, 0.15) is 24.0 Å². The highest BCUT2D eigenvalue weighted by Crippen LogP contribution is 2.49. The second kappa shape index (κ2) is 15.5.